The van der Waals surface area contributed by atoms with Gasteiger partial charge in [-0.05, 0) is 51.7 Å². The Bertz CT molecular complexity index is 212. The molecule has 1 atom stereocenters. The molecule has 1 aliphatic carbocycles. The molecule has 1 saturated carbocycles. The van der Waals surface area contributed by atoms with Gasteiger partial charge in [-0.2, -0.15) is 0 Å². The van der Waals surface area contributed by atoms with Crippen LogP contribution in [0.3, 0.4) is 0 Å². The molecular formula is C13H26N2O. The molecule has 1 unspecified atom stereocenters. The second-order valence-corrected chi connectivity index (χ2v) is 5.73. The van der Waals surface area contributed by atoms with Crippen LogP contribution in [0.2, 0.25) is 0 Å². The molecule has 0 amide bonds. The standard InChI is InChI=1S/C13H26N2O/c1-14-9-12-5-4-8-15(10-12)11-13(16)6-2-3-7-13/h12,14,16H,2-11H2,1H3. The Morgan fingerprint density at radius 2 is 2.06 bits per heavy atom. The number of rotatable bonds is 4. The predicted octanol–water partition coefficient (Wildman–Crippen LogP) is 1.22. The average Bonchev–Trinajstić information content (AvgIpc) is 2.66. The average molecular weight is 226 g/mol. The van der Waals surface area contributed by atoms with E-state index >= 15 is 0 Å². The molecule has 16 heavy (non-hydrogen) atoms. The van der Waals surface area contributed by atoms with Crippen LogP contribution in [0.25, 0.3) is 0 Å². The Kier molecular flexibility index (Phi) is 4.22. The van der Waals surface area contributed by atoms with Crippen molar-refractivity contribution in [3.63, 3.8) is 0 Å². The van der Waals surface area contributed by atoms with Gasteiger partial charge in [-0.25, -0.2) is 0 Å². The summed E-state index contributed by atoms with van der Waals surface area (Å²) in [5, 5.41) is 13.7. The first-order chi connectivity index (χ1) is 7.72. The Labute approximate surface area is 99.2 Å². The molecule has 2 rings (SSSR count). The lowest BCUT2D eigenvalue weighted by molar-refractivity contribution is -0.00198. The zero-order chi connectivity index (χ0) is 11.4. The highest BCUT2D eigenvalue weighted by molar-refractivity contribution is 4.89. The second-order valence-electron chi connectivity index (χ2n) is 5.73. The molecule has 94 valence electrons. The molecule has 0 aromatic rings. The zero-order valence-electron chi connectivity index (χ0n) is 10.5. The summed E-state index contributed by atoms with van der Waals surface area (Å²) in [6.45, 7) is 4.38. The van der Waals surface area contributed by atoms with E-state index in [2.05, 4.69) is 10.2 Å². The molecule has 2 N–H and O–H groups in total. The SMILES string of the molecule is CNCC1CCCN(CC2(O)CCCC2)C1. The Morgan fingerprint density at radius 1 is 1.31 bits per heavy atom. The lowest BCUT2D eigenvalue weighted by Gasteiger charge is -2.37. The van der Waals surface area contributed by atoms with Crippen molar-refractivity contribution in [1.29, 1.82) is 0 Å². The molecule has 2 aliphatic rings. The smallest absolute Gasteiger partial charge is 0.0774 e. The lowest BCUT2D eigenvalue weighted by atomic mass is 9.95. The van der Waals surface area contributed by atoms with E-state index in [0.717, 1.165) is 31.8 Å². The molecule has 0 aromatic heterocycles. The molecular weight excluding hydrogens is 200 g/mol. The van der Waals surface area contributed by atoms with E-state index in [4.69, 9.17) is 0 Å². The van der Waals surface area contributed by atoms with Crippen LogP contribution in [0.5, 0.6) is 0 Å². The van der Waals surface area contributed by atoms with Crippen molar-refractivity contribution >= 4 is 0 Å². The maximum Gasteiger partial charge on any atom is 0.0774 e. The fourth-order valence-electron chi connectivity index (χ4n) is 3.36. The maximum atomic E-state index is 10.4. The molecule has 0 bridgehead atoms. The fraction of sp³-hybridized carbons (Fsp3) is 1.00. The Balaban J connectivity index is 1.80. The van der Waals surface area contributed by atoms with Gasteiger partial charge in [0.25, 0.3) is 0 Å². The summed E-state index contributed by atoms with van der Waals surface area (Å²) in [4.78, 5) is 2.48. The number of β-amino-alcohol motifs (C(OH)–C–C–N with tert-alkyl or cyclic N) is 1. The number of nitrogens with zero attached hydrogens (tertiary/aromatic N) is 1. The summed E-state index contributed by atoms with van der Waals surface area (Å²) in [6.07, 6.45) is 7.09. The minimum absolute atomic E-state index is 0.360. The van der Waals surface area contributed by atoms with E-state index in [1.54, 1.807) is 0 Å². The van der Waals surface area contributed by atoms with Gasteiger partial charge in [-0.1, -0.05) is 12.8 Å². The van der Waals surface area contributed by atoms with Crippen LogP contribution in [0.1, 0.15) is 38.5 Å². The minimum Gasteiger partial charge on any atom is -0.389 e. The summed E-state index contributed by atoms with van der Waals surface area (Å²) < 4.78 is 0. The van der Waals surface area contributed by atoms with Gasteiger partial charge < -0.3 is 15.3 Å². The summed E-state index contributed by atoms with van der Waals surface area (Å²) >= 11 is 0. The largest absolute Gasteiger partial charge is 0.389 e. The normalized spacial score (nSPS) is 30.8. The molecule has 2 fully saturated rings. The first kappa shape index (κ1) is 12.3. The molecule has 3 heteroatoms. The number of hydrogen-bond donors (Lipinski definition) is 2. The molecule has 3 nitrogen and oxygen atoms in total. The first-order valence-corrected chi connectivity index (χ1v) is 6.81. The van der Waals surface area contributed by atoms with Crippen LogP contribution < -0.4 is 5.32 Å². The van der Waals surface area contributed by atoms with Gasteiger partial charge in [0.1, 0.15) is 0 Å². The monoisotopic (exact) mass is 226 g/mol. The maximum absolute atomic E-state index is 10.4. The van der Waals surface area contributed by atoms with Crippen LogP contribution in [-0.2, 0) is 0 Å². The quantitative estimate of drug-likeness (QED) is 0.756. The van der Waals surface area contributed by atoms with Crippen molar-refractivity contribution in [2.45, 2.75) is 44.1 Å². The molecule has 0 spiro atoms. The number of aliphatic hydroxyl groups is 1. The molecule has 0 aromatic carbocycles. The number of nitrogens with one attached hydrogen (secondary N) is 1. The third kappa shape index (κ3) is 3.19. The molecule has 1 aliphatic heterocycles. The van der Waals surface area contributed by atoms with Gasteiger partial charge in [0.05, 0.1) is 5.60 Å². The summed E-state index contributed by atoms with van der Waals surface area (Å²) in [7, 11) is 2.03. The van der Waals surface area contributed by atoms with Crippen molar-refractivity contribution in [3.05, 3.63) is 0 Å². The highest BCUT2D eigenvalue weighted by atomic mass is 16.3. The van der Waals surface area contributed by atoms with Crippen molar-refractivity contribution in [1.82, 2.24) is 10.2 Å². The van der Waals surface area contributed by atoms with E-state index in [1.165, 1.54) is 38.8 Å². The lowest BCUT2D eigenvalue weighted by Crippen LogP contribution is -2.46. The van der Waals surface area contributed by atoms with Gasteiger partial charge >= 0.3 is 0 Å². The number of hydrogen-bond acceptors (Lipinski definition) is 3. The molecule has 0 radical (unpaired) electrons. The van der Waals surface area contributed by atoms with E-state index in [-0.39, 0.29) is 5.60 Å². The topological polar surface area (TPSA) is 35.5 Å². The van der Waals surface area contributed by atoms with Crippen molar-refractivity contribution in [3.8, 4) is 0 Å². The molecule has 1 saturated heterocycles. The minimum atomic E-state index is -0.360. The summed E-state index contributed by atoms with van der Waals surface area (Å²) in [6, 6.07) is 0. The van der Waals surface area contributed by atoms with Crippen LogP contribution >= 0.6 is 0 Å². The zero-order valence-corrected chi connectivity index (χ0v) is 10.5. The van der Waals surface area contributed by atoms with Crippen molar-refractivity contribution < 1.29 is 5.11 Å². The predicted molar refractivity (Wildman–Crippen MR) is 66.5 cm³/mol. The Hall–Kier alpha value is -0.120. The third-order valence-electron chi connectivity index (χ3n) is 4.15. The van der Waals surface area contributed by atoms with Gasteiger partial charge in [0.15, 0.2) is 0 Å². The van der Waals surface area contributed by atoms with Crippen molar-refractivity contribution in [2.75, 3.05) is 33.2 Å². The Morgan fingerprint density at radius 3 is 2.75 bits per heavy atom. The number of likely N-dealkylation sites (tertiary alicyclic amines) is 1. The van der Waals surface area contributed by atoms with Gasteiger partial charge in [0, 0.05) is 13.1 Å². The van der Waals surface area contributed by atoms with Crippen LogP contribution in [0, 0.1) is 5.92 Å². The van der Waals surface area contributed by atoms with E-state index in [9.17, 15) is 5.11 Å². The van der Waals surface area contributed by atoms with E-state index < -0.39 is 0 Å². The van der Waals surface area contributed by atoms with Crippen molar-refractivity contribution in [2.24, 2.45) is 5.92 Å². The van der Waals surface area contributed by atoms with Crippen LogP contribution in [0.4, 0.5) is 0 Å². The highest BCUT2D eigenvalue weighted by Crippen LogP contribution is 2.31. The van der Waals surface area contributed by atoms with E-state index in [1.807, 2.05) is 7.05 Å². The van der Waals surface area contributed by atoms with Crippen LogP contribution in [-0.4, -0.2) is 48.8 Å². The molecule has 1 heterocycles. The van der Waals surface area contributed by atoms with Gasteiger partial charge in [-0.3, -0.25) is 0 Å². The summed E-state index contributed by atoms with van der Waals surface area (Å²) in [5.74, 6) is 0.781. The number of piperidine rings is 1. The fourth-order valence-corrected chi connectivity index (χ4v) is 3.36. The van der Waals surface area contributed by atoms with Gasteiger partial charge in [-0.15, -0.1) is 0 Å². The first-order valence-electron chi connectivity index (χ1n) is 6.81. The highest BCUT2D eigenvalue weighted by Gasteiger charge is 2.34. The summed E-state index contributed by atoms with van der Waals surface area (Å²) in [5.41, 5.74) is -0.360. The van der Waals surface area contributed by atoms with E-state index in [0.29, 0.717) is 0 Å². The van der Waals surface area contributed by atoms with Gasteiger partial charge in [0.2, 0.25) is 0 Å². The second kappa shape index (κ2) is 5.48. The van der Waals surface area contributed by atoms with Crippen LogP contribution in [0.15, 0.2) is 0 Å². The third-order valence-corrected chi connectivity index (χ3v) is 4.15.